The number of amides is 2. The maximum absolute atomic E-state index is 12.5. The molecule has 0 aliphatic rings. The molecular formula is C22H23N3O5S. The number of nitrogens with one attached hydrogen (secondary N) is 2. The Labute approximate surface area is 180 Å². The Hall–Kier alpha value is -3.43. The quantitative estimate of drug-likeness (QED) is 0.518. The first-order valence-electron chi connectivity index (χ1n) is 9.46. The molecule has 0 radical (unpaired) electrons. The molecule has 1 atom stereocenters. The molecule has 0 unspecified atom stereocenters. The van der Waals surface area contributed by atoms with E-state index in [2.05, 4.69) is 10.6 Å². The molecule has 0 fully saturated rings. The van der Waals surface area contributed by atoms with Crippen molar-refractivity contribution in [2.24, 2.45) is 5.14 Å². The van der Waals surface area contributed by atoms with Gasteiger partial charge in [0.25, 0.3) is 0 Å². The monoisotopic (exact) mass is 441 g/mol. The van der Waals surface area contributed by atoms with Crippen LogP contribution in [-0.2, 0) is 26.0 Å². The molecule has 0 heterocycles. The molecule has 4 N–H and O–H groups in total. The van der Waals surface area contributed by atoms with Crippen molar-refractivity contribution in [1.29, 1.82) is 0 Å². The number of hydrogen-bond donors (Lipinski definition) is 3. The number of carbonyl (C=O) groups excluding carboxylic acids is 2. The largest absolute Gasteiger partial charge is 0.495 e. The smallest absolute Gasteiger partial charge is 0.246 e. The van der Waals surface area contributed by atoms with Crippen molar-refractivity contribution < 1.29 is 22.7 Å². The van der Waals surface area contributed by atoms with Crippen LogP contribution in [0.3, 0.4) is 0 Å². The number of hydrogen-bond acceptors (Lipinski definition) is 5. The second-order valence-electron chi connectivity index (χ2n) is 7.00. The van der Waals surface area contributed by atoms with Crippen LogP contribution in [0.5, 0.6) is 5.75 Å². The fourth-order valence-electron chi connectivity index (χ4n) is 3.20. The van der Waals surface area contributed by atoms with E-state index in [9.17, 15) is 18.0 Å². The third kappa shape index (κ3) is 5.39. The predicted molar refractivity (Wildman–Crippen MR) is 118 cm³/mol. The summed E-state index contributed by atoms with van der Waals surface area (Å²) in [4.78, 5) is 24.7. The SMILES string of the molecule is COc1ccc(NC(=O)[C@H](C)NC(=O)Cc2cccc3ccccc23)cc1S(N)(=O)=O. The van der Waals surface area contributed by atoms with Crippen LogP contribution >= 0.6 is 0 Å². The second kappa shape index (κ2) is 9.15. The zero-order valence-electron chi connectivity index (χ0n) is 17.1. The minimum absolute atomic E-state index is 0.0666. The van der Waals surface area contributed by atoms with Gasteiger partial charge < -0.3 is 15.4 Å². The Morgan fingerprint density at radius 3 is 2.48 bits per heavy atom. The Morgan fingerprint density at radius 1 is 1.06 bits per heavy atom. The van der Waals surface area contributed by atoms with Crippen molar-refractivity contribution in [3.63, 3.8) is 0 Å². The van der Waals surface area contributed by atoms with Crippen molar-refractivity contribution in [2.45, 2.75) is 24.3 Å². The molecule has 0 aliphatic carbocycles. The van der Waals surface area contributed by atoms with E-state index in [0.29, 0.717) is 0 Å². The molecule has 0 saturated carbocycles. The van der Waals surface area contributed by atoms with Crippen LogP contribution in [0.2, 0.25) is 0 Å². The lowest BCUT2D eigenvalue weighted by molar-refractivity contribution is -0.125. The normalized spacial score (nSPS) is 12.2. The molecule has 0 aliphatic heterocycles. The summed E-state index contributed by atoms with van der Waals surface area (Å²) in [5, 5.41) is 12.4. The fourth-order valence-corrected chi connectivity index (χ4v) is 3.93. The number of carbonyl (C=O) groups is 2. The Balaban J connectivity index is 1.67. The number of sulfonamides is 1. The van der Waals surface area contributed by atoms with Crippen LogP contribution in [0.1, 0.15) is 12.5 Å². The molecule has 3 rings (SSSR count). The number of ether oxygens (including phenoxy) is 1. The summed E-state index contributed by atoms with van der Waals surface area (Å²) in [6, 6.07) is 16.7. The maximum atomic E-state index is 12.5. The minimum atomic E-state index is -4.04. The third-order valence-corrected chi connectivity index (χ3v) is 5.67. The van der Waals surface area contributed by atoms with Crippen molar-refractivity contribution in [3.8, 4) is 5.75 Å². The Bertz CT molecular complexity index is 1240. The Kier molecular flexibility index (Phi) is 6.57. The first kappa shape index (κ1) is 22.3. The van der Waals surface area contributed by atoms with Gasteiger partial charge in [0.1, 0.15) is 16.7 Å². The summed E-state index contributed by atoms with van der Waals surface area (Å²) in [5.74, 6) is -0.743. The lowest BCUT2D eigenvalue weighted by Crippen LogP contribution is -2.42. The summed E-state index contributed by atoms with van der Waals surface area (Å²) in [5.41, 5.74) is 1.07. The molecule has 3 aromatic rings. The van der Waals surface area contributed by atoms with Crippen molar-refractivity contribution in [2.75, 3.05) is 12.4 Å². The average Bonchev–Trinajstić information content (AvgIpc) is 2.73. The van der Waals surface area contributed by atoms with Gasteiger partial charge >= 0.3 is 0 Å². The summed E-state index contributed by atoms with van der Waals surface area (Å²) >= 11 is 0. The molecular weight excluding hydrogens is 418 g/mol. The van der Waals surface area contributed by atoms with E-state index in [1.54, 1.807) is 6.92 Å². The maximum Gasteiger partial charge on any atom is 0.246 e. The zero-order chi connectivity index (χ0) is 22.6. The third-order valence-electron chi connectivity index (χ3n) is 4.74. The van der Waals surface area contributed by atoms with E-state index in [1.165, 1.54) is 25.3 Å². The van der Waals surface area contributed by atoms with Gasteiger partial charge in [-0.1, -0.05) is 42.5 Å². The number of primary sulfonamides is 1. The van der Waals surface area contributed by atoms with Crippen LogP contribution < -0.4 is 20.5 Å². The molecule has 2 amide bonds. The van der Waals surface area contributed by atoms with E-state index >= 15 is 0 Å². The van der Waals surface area contributed by atoms with Crippen molar-refractivity contribution in [3.05, 3.63) is 66.2 Å². The van der Waals surface area contributed by atoms with Crippen LogP contribution in [0.15, 0.2) is 65.6 Å². The van der Waals surface area contributed by atoms with Crippen LogP contribution in [0.25, 0.3) is 10.8 Å². The van der Waals surface area contributed by atoms with E-state index in [1.807, 2.05) is 42.5 Å². The second-order valence-corrected chi connectivity index (χ2v) is 8.53. The summed E-state index contributed by atoms with van der Waals surface area (Å²) in [6.45, 7) is 1.54. The fraction of sp³-hybridized carbons (Fsp3) is 0.182. The standard InChI is InChI=1S/C22H23N3O5S/c1-14(22(27)25-17-10-11-19(30-2)20(13-17)31(23,28)29)24-21(26)12-16-8-5-7-15-6-3-4-9-18(15)16/h3-11,13-14H,12H2,1-2H3,(H,24,26)(H,25,27)(H2,23,28,29)/t14-/m0/s1. The van der Waals surface area contributed by atoms with Gasteiger partial charge in [0.15, 0.2) is 0 Å². The first-order chi connectivity index (χ1) is 14.7. The number of rotatable bonds is 7. The minimum Gasteiger partial charge on any atom is -0.495 e. The van der Waals surface area contributed by atoms with E-state index < -0.39 is 22.0 Å². The van der Waals surface area contributed by atoms with Crippen LogP contribution in [0.4, 0.5) is 5.69 Å². The first-order valence-corrected chi connectivity index (χ1v) is 11.0. The highest BCUT2D eigenvalue weighted by Crippen LogP contribution is 2.26. The molecule has 0 aromatic heterocycles. The highest BCUT2D eigenvalue weighted by Gasteiger charge is 2.19. The van der Waals surface area contributed by atoms with Crippen molar-refractivity contribution in [1.82, 2.24) is 5.32 Å². The molecule has 0 spiro atoms. The average molecular weight is 442 g/mol. The van der Waals surface area contributed by atoms with Gasteiger partial charge in [0.05, 0.1) is 13.5 Å². The van der Waals surface area contributed by atoms with Gasteiger partial charge in [-0.15, -0.1) is 0 Å². The van der Waals surface area contributed by atoms with Gasteiger partial charge in [-0.3, -0.25) is 9.59 Å². The number of anilines is 1. The van der Waals surface area contributed by atoms with Gasteiger partial charge in [-0.2, -0.15) is 0 Å². The van der Waals surface area contributed by atoms with Crippen LogP contribution in [-0.4, -0.2) is 33.4 Å². The van der Waals surface area contributed by atoms with E-state index in [0.717, 1.165) is 16.3 Å². The molecule has 0 saturated heterocycles. The molecule has 0 bridgehead atoms. The lowest BCUT2D eigenvalue weighted by Gasteiger charge is -2.16. The summed E-state index contributed by atoms with van der Waals surface area (Å²) in [7, 11) is -2.73. The highest BCUT2D eigenvalue weighted by atomic mass is 32.2. The number of nitrogens with two attached hydrogens (primary N) is 1. The number of fused-ring (bicyclic) bond motifs is 1. The topological polar surface area (TPSA) is 128 Å². The van der Waals surface area contributed by atoms with E-state index in [4.69, 9.17) is 9.88 Å². The van der Waals surface area contributed by atoms with Gasteiger partial charge in [0.2, 0.25) is 21.8 Å². The molecule has 3 aromatic carbocycles. The number of benzene rings is 3. The number of methoxy groups -OCH3 is 1. The van der Waals surface area contributed by atoms with Gasteiger partial charge in [-0.05, 0) is 41.5 Å². The zero-order valence-corrected chi connectivity index (χ0v) is 17.9. The van der Waals surface area contributed by atoms with Crippen LogP contribution in [0, 0.1) is 0 Å². The van der Waals surface area contributed by atoms with E-state index in [-0.39, 0.29) is 28.7 Å². The molecule has 8 nitrogen and oxygen atoms in total. The Morgan fingerprint density at radius 2 is 1.77 bits per heavy atom. The highest BCUT2D eigenvalue weighted by molar-refractivity contribution is 7.89. The van der Waals surface area contributed by atoms with Crippen molar-refractivity contribution >= 4 is 38.3 Å². The lowest BCUT2D eigenvalue weighted by atomic mass is 10.0. The molecule has 162 valence electrons. The molecule has 9 heteroatoms. The van der Waals surface area contributed by atoms with Gasteiger partial charge in [0, 0.05) is 5.69 Å². The predicted octanol–water partition coefficient (Wildman–Crippen LogP) is 2.18. The summed E-state index contributed by atoms with van der Waals surface area (Å²) < 4.78 is 28.4. The molecule has 31 heavy (non-hydrogen) atoms. The summed E-state index contributed by atoms with van der Waals surface area (Å²) in [6.07, 6.45) is 0.122. The van der Waals surface area contributed by atoms with Gasteiger partial charge in [-0.25, -0.2) is 13.6 Å².